The average Bonchev–Trinajstić information content (AvgIpc) is 2.90. The zero-order chi connectivity index (χ0) is 14.7. The van der Waals surface area contributed by atoms with E-state index in [1.54, 1.807) is 0 Å². The molecular weight excluding hydrogens is 266 g/mol. The molecule has 1 aliphatic carbocycles. The Labute approximate surface area is 127 Å². The highest BCUT2D eigenvalue weighted by Crippen LogP contribution is 2.36. The van der Waals surface area contributed by atoms with Crippen LogP contribution >= 0.6 is 0 Å². The number of piperidine rings is 1. The zero-order valence-electron chi connectivity index (χ0n) is 13.1. The number of likely N-dealkylation sites (tertiary alicyclic amines) is 1. The van der Waals surface area contributed by atoms with E-state index in [0.717, 1.165) is 63.8 Å². The third-order valence-electron chi connectivity index (χ3n) is 4.97. The van der Waals surface area contributed by atoms with Crippen molar-refractivity contribution in [3.8, 4) is 0 Å². The fourth-order valence-corrected chi connectivity index (χ4v) is 3.94. The molecule has 0 radical (unpaired) electrons. The van der Waals surface area contributed by atoms with Crippen molar-refractivity contribution < 1.29 is 14.3 Å². The number of carbonyl (C=O) groups excluding carboxylic acids is 1. The van der Waals surface area contributed by atoms with Gasteiger partial charge in [0.2, 0.25) is 5.91 Å². The van der Waals surface area contributed by atoms with Crippen molar-refractivity contribution in [2.24, 2.45) is 0 Å². The van der Waals surface area contributed by atoms with E-state index in [9.17, 15) is 4.79 Å². The topological polar surface area (TPSA) is 38.8 Å². The first-order valence-corrected chi connectivity index (χ1v) is 8.46. The van der Waals surface area contributed by atoms with Crippen LogP contribution in [-0.2, 0) is 14.3 Å². The Bertz CT molecular complexity index is 420. The minimum absolute atomic E-state index is 0.150. The van der Waals surface area contributed by atoms with Gasteiger partial charge >= 0.3 is 0 Å². The largest absolute Gasteiger partial charge is 0.376 e. The molecule has 0 aromatic rings. The van der Waals surface area contributed by atoms with Crippen molar-refractivity contribution in [1.29, 1.82) is 0 Å². The Hall–Kier alpha value is -0.870. The fourth-order valence-electron chi connectivity index (χ4n) is 3.94. The summed E-state index contributed by atoms with van der Waals surface area (Å²) in [6, 6.07) is 0. The highest BCUT2D eigenvalue weighted by Gasteiger charge is 2.45. The molecule has 2 saturated heterocycles. The molecule has 0 saturated carbocycles. The Morgan fingerprint density at radius 2 is 2.38 bits per heavy atom. The summed E-state index contributed by atoms with van der Waals surface area (Å²) in [7, 11) is 0. The van der Waals surface area contributed by atoms with E-state index < -0.39 is 0 Å². The Morgan fingerprint density at radius 1 is 1.48 bits per heavy atom. The molecular formula is C17H27NO3. The summed E-state index contributed by atoms with van der Waals surface area (Å²) in [5.74, 6) is 0.247. The van der Waals surface area contributed by atoms with E-state index in [0.29, 0.717) is 6.61 Å². The van der Waals surface area contributed by atoms with E-state index >= 15 is 0 Å². The molecule has 4 heteroatoms. The summed E-state index contributed by atoms with van der Waals surface area (Å²) in [6.45, 7) is 5.06. The molecule has 1 amide bonds. The molecule has 0 N–H and O–H groups in total. The molecule has 21 heavy (non-hydrogen) atoms. The van der Waals surface area contributed by atoms with Crippen LogP contribution in [0.15, 0.2) is 11.6 Å². The number of nitrogens with zero attached hydrogens (tertiary/aromatic N) is 1. The molecule has 0 unspecified atom stereocenters. The lowest BCUT2D eigenvalue weighted by Gasteiger charge is -2.40. The standard InChI is InChI=1S/C17H27NO3/c1-2-20-15-11-17(21-12-15)9-6-10-18(13-17)16(19)14-7-4-3-5-8-14/h7,15H,2-6,8-13H2,1H3/t15-,17-/m0/s1. The van der Waals surface area contributed by atoms with Gasteiger partial charge in [0.25, 0.3) is 0 Å². The lowest BCUT2D eigenvalue weighted by molar-refractivity contribution is -0.135. The van der Waals surface area contributed by atoms with Crippen molar-refractivity contribution in [2.75, 3.05) is 26.3 Å². The van der Waals surface area contributed by atoms with Crippen molar-refractivity contribution in [3.63, 3.8) is 0 Å². The summed E-state index contributed by atoms with van der Waals surface area (Å²) in [5, 5.41) is 0. The molecule has 118 valence electrons. The minimum Gasteiger partial charge on any atom is -0.376 e. The summed E-state index contributed by atoms with van der Waals surface area (Å²) in [4.78, 5) is 14.7. The summed E-state index contributed by atoms with van der Waals surface area (Å²) in [5.41, 5.74) is 0.876. The Morgan fingerprint density at radius 3 is 3.14 bits per heavy atom. The van der Waals surface area contributed by atoms with Gasteiger partial charge in [-0.25, -0.2) is 0 Å². The van der Waals surface area contributed by atoms with Crippen LogP contribution in [0.5, 0.6) is 0 Å². The van der Waals surface area contributed by atoms with Crippen LogP contribution in [0.4, 0.5) is 0 Å². The van der Waals surface area contributed by atoms with E-state index in [-0.39, 0.29) is 17.6 Å². The number of carbonyl (C=O) groups is 1. The maximum atomic E-state index is 12.7. The second-order valence-corrected chi connectivity index (χ2v) is 6.58. The second kappa shape index (κ2) is 6.49. The van der Waals surface area contributed by atoms with Gasteiger partial charge in [-0.2, -0.15) is 0 Å². The highest BCUT2D eigenvalue weighted by atomic mass is 16.6. The van der Waals surface area contributed by atoms with Gasteiger partial charge in [-0.05, 0) is 45.4 Å². The average molecular weight is 293 g/mol. The van der Waals surface area contributed by atoms with Gasteiger partial charge in [0.15, 0.2) is 0 Å². The van der Waals surface area contributed by atoms with Gasteiger partial charge in [-0.15, -0.1) is 0 Å². The molecule has 4 nitrogen and oxygen atoms in total. The van der Waals surface area contributed by atoms with Crippen LogP contribution in [0.2, 0.25) is 0 Å². The van der Waals surface area contributed by atoms with Crippen LogP contribution in [-0.4, -0.2) is 48.8 Å². The quantitative estimate of drug-likeness (QED) is 0.803. The van der Waals surface area contributed by atoms with Crippen molar-refractivity contribution in [1.82, 2.24) is 4.90 Å². The van der Waals surface area contributed by atoms with Crippen LogP contribution in [0, 0.1) is 0 Å². The van der Waals surface area contributed by atoms with Gasteiger partial charge in [-0.3, -0.25) is 4.79 Å². The highest BCUT2D eigenvalue weighted by molar-refractivity contribution is 5.93. The normalized spacial score (nSPS) is 33.3. The van der Waals surface area contributed by atoms with Crippen molar-refractivity contribution in [2.45, 2.75) is 63.6 Å². The van der Waals surface area contributed by atoms with E-state index in [2.05, 4.69) is 6.08 Å². The van der Waals surface area contributed by atoms with Gasteiger partial charge in [-0.1, -0.05) is 6.08 Å². The third kappa shape index (κ3) is 3.32. The monoisotopic (exact) mass is 293 g/mol. The lowest BCUT2D eigenvalue weighted by Crippen LogP contribution is -2.50. The first-order chi connectivity index (χ1) is 10.2. The number of amides is 1. The fraction of sp³-hybridized carbons (Fsp3) is 0.824. The maximum Gasteiger partial charge on any atom is 0.249 e. The molecule has 3 rings (SSSR count). The van der Waals surface area contributed by atoms with Crippen molar-refractivity contribution >= 4 is 5.91 Å². The molecule has 0 aromatic carbocycles. The molecule has 2 heterocycles. The van der Waals surface area contributed by atoms with Crippen LogP contribution < -0.4 is 0 Å². The number of allylic oxidation sites excluding steroid dienone is 1. The molecule has 3 aliphatic rings. The summed E-state index contributed by atoms with van der Waals surface area (Å²) < 4.78 is 11.8. The maximum absolute atomic E-state index is 12.7. The smallest absolute Gasteiger partial charge is 0.249 e. The van der Waals surface area contributed by atoms with Gasteiger partial charge < -0.3 is 14.4 Å². The zero-order valence-corrected chi connectivity index (χ0v) is 13.1. The molecule has 1 spiro atoms. The molecule has 0 aromatic heterocycles. The van der Waals surface area contributed by atoms with E-state index in [1.165, 1.54) is 6.42 Å². The van der Waals surface area contributed by atoms with Crippen LogP contribution in [0.1, 0.15) is 51.9 Å². The Balaban J connectivity index is 1.63. The SMILES string of the molecule is CCO[C@@H]1CO[C@@]2(CCCN(C(=O)C3=CCCCC3)C2)C1. The van der Waals surface area contributed by atoms with E-state index in [4.69, 9.17) is 9.47 Å². The third-order valence-corrected chi connectivity index (χ3v) is 4.97. The molecule has 0 bridgehead atoms. The predicted octanol–water partition coefficient (Wildman–Crippen LogP) is 2.67. The number of hydrogen-bond donors (Lipinski definition) is 0. The number of rotatable bonds is 3. The van der Waals surface area contributed by atoms with Crippen LogP contribution in [0.3, 0.4) is 0 Å². The molecule has 2 aliphatic heterocycles. The predicted molar refractivity (Wildman–Crippen MR) is 81.1 cm³/mol. The summed E-state index contributed by atoms with van der Waals surface area (Å²) >= 11 is 0. The van der Waals surface area contributed by atoms with Gasteiger partial charge in [0.05, 0.1) is 24.9 Å². The first-order valence-electron chi connectivity index (χ1n) is 8.46. The van der Waals surface area contributed by atoms with Crippen LogP contribution in [0.25, 0.3) is 0 Å². The van der Waals surface area contributed by atoms with Gasteiger partial charge in [0.1, 0.15) is 0 Å². The molecule has 2 atom stereocenters. The van der Waals surface area contributed by atoms with E-state index in [1.807, 2.05) is 11.8 Å². The minimum atomic E-state index is -0.150. The number of hydrogen-bond acceptors (Lipinski definition) is 3. The van der Waals surface area contributed by atoms with Gasteiger partial charge in [0, 0.05) is 25.1 Å². The van der Waals surface area contributed by atoms with Crippen molar-refractivity contribution in [3.05, 3.63) is 11.6 Å². The number of ether oxygens (including phenoxy) is 2. The lowest BCUT2D eigenvalue weighted by atomic mass is 9.88. The first kappa shape index (κ1) is 15.0. The second-order valence-electron chi connectivity index (χ2n) is 6.58. The Kier molecular flexibility index (Phi) is 4.65. The molecule has 2 fully saturated rings. The summed E-state index contributed by atoms with van der Waals surface area (Å²) in [6.07, 6.45) is 9.76.